The molecule has 0 unspecified atom stereocenters. The van der Waals surface area contributed by atoms with E-state index in [9.17, 15) is 0 Å². The van der Waals surface area contributed by atoms with Crippen LogP contribution in [0.1, 0.15) is 0 Å². The molecule has 0 radical (unpaired) electrons. The van der Waals surface area contributed by atoms with Crippen LogP contribution in [0.15, 0.2) is 40.2 Å². The number of thiophene rings is 1. The van der Waals surface area contributed by atoms with Crippen LogP contribution in [0.2, 0.25) is 0 Å². The van der Waals surface area contributed by atoms with E-state index in [0.29, 0.717) is 11.6 Å². The first kappa shape index (κ1) is 11.4. The zero-order chi connectivity index (χ0) is 13.5. The molecule has 1 aliphatic rings. The summed E-state index contributed by atoms with van der Waals surface area (Å²) in [7, 11) is 0. The van der Waals surface area contributed by atoms with Gasteiger partial charge in [-0.2, -0.15) is 0 Å². The second-order valence-electron chi connectivity index (χ2n) is 4.32. The second kappa shape index (κ2) is 4.28. The van der Waals surface area contributed by atoms with Crippen molar-refractivity contribution in [1.29, 1.82) is 0 Å². The first-order valence-electron chi connectivity index (χ1n) is 6.02. The summed E-state index contributed by atoms with van der Waals surface area (Å²) in [5.41, 5.74) is 8.36. The van der Waals surface area contributed by atoms with Crippen molar-refractivity contribution < 1.29 is 14.0 Å². The Kier molecular flexibility index (Phi) is 2.43. The Balaban J connectivity index is 1.88. The SMILES string of the molecule is Nc1onc(-c2cccs2)c1-c1ccc2c(c1)OCO2. The fourth-order valence-electron chi connectivity index (χ4n) is 2.22. The van der Waals surface area contributed by atoms with Crippen molar-refractivity contribution in [3.8, 4) is 33.2 Å². The maximum Gasteiger partial charge on any atom is 0.231 e. The summed E-state index contributed by atoms with van der Waals surface area (Å²) in [4.78, 5) is 1.01. The average Bonchev–Trinajstić information content (AvgIpc) is 3.17. The lowest BCUT2D eigenvalue weighted by Crippen LogP contribution is -1.92. The van der Waals surface area contributed by atoms with Gasteiger partial charge in [0.25, 0.3) is 0 Å². The molecule has 0 saturated carbocycles. The molecule has 2 N–H and O–H groups in total. The van der Waals surface area contributed by atoms with E-state index in [0.717, 1.165) is 27.4 Å². The number of nitrogen functional groups attached to an aromatic ring is 1. The largest absolute Gasteiger partial charge is 0.454 e. The molecule has 1 aliphatic heterocycles. The molecule has 2 aromatic heterocycles. The fraction of sp³-hybridized carbons (Fsp3) is 0.0714. The molecule has 5 nitrogen and oxygen atoms in total. The Hall–Kier alpha value is -2.47. The van der Waals surface area contributed by atoms with Crippen molar-refractivity contribution in [3.63, 3.8) is 0 Å². The number of fused-ring (bicyclic) bond motifs is 1. The second-order valence-corrected chi connectivity index (χ2v) is 5.26. The van der Waals surface area contributed by atoms with Gasteiger partial charge in [0.15, 0.2) is 11.5 Å². The summed E-state index contributed by atoms with van der Waals surface area (Å²) in [5, 5.41) is 6.06. The van der Waals surface area contributed by atoms with Crippen molar-refractivity contribution in [2.24, 2.45) is 0 Å². The first-order valence-corrected chi connectivity index (χ1v) is 6.90. The molecule has 0 bridgehead atoms. The van der Waals surface area contributed by atoms with Crippen LogP contribution in [0.5, 0.6) is 11.5 Å². The summed E-state index contributed by atoms with van der Waals surface area (Å²) in [6.07, 6.45) is 0. The maximum absolute atomic E-state index is 5.93. The van der Waals surface area contributed by atoms with Gasteiger partial charge in [0.2, 0.25) is 12.7 Å². The number of hydrogen-bond donors (Lipinski definition) is 1. The van der Waals surface area contributed by atoms with Gasteiger partial charge in [0, 0.05) is 0 Å². The van der Waals surface area contributed by atoms with Gasteiger partial charge in [-0.15, -0.1) is 11.3 Å². The smallest absolute Gasteiger partial charge is 0.231 e. The number of benzene rings is 1. The van der Waals surface area contributed by atoms with Crippen LogP contribution < -0.4 is 15.2 Å². The topological polar surface area (TPSA) is 70.5 Å². The van der Waals surface area contributed by atoms with Crippen molar-refractivity contribution in [1.82, 2.24) is 5.16 Å². The van der Waals surface area contributed by atoms with Crippen molar-refractivity contribution in [2.75, 3.05) is 12.5 Å². The minimum Gasteiger partial charge on any atom is -0.454 e. The highest BCUT2D eigenvalue weighted by Crippen LogP contribution is 2.42. The highest BCUT2D eigenvalue weighted by Gasteiger charge is 2.21. The molecule has 20 heavy (non-hydrogen) atoms. The monoisotopic (exact) mass is 286 g/mol. The third-order valence-corrected chi connectivity index (χ3v) is 4.01. The summed E-state index contributed by atoms with van der Waals surface area (Å²) < 4.78 is 15.9. The molecule has 100 valence electrons. The lowest BCUT2D eigenvalue weighted by molar-refractivity contribution is 0.174. The summed E-state index contributed by atoms with van der Waals surface area (Å²) in [6, 6.07) is 9.63. The van der Waals surface area contributed by atoms with E-state index in [4.69, 9.17) is 19.7 Å². The van der Waals surface area contributed by atoms with Crippen molar-refractivity contribution in [3.05, 3.63) is 35.7 Å². The van der Waals surface area contributed by atoms with Crippen LogP contribution in [0, 0.1) is 0 Å². The molecular formula is C14H10N2O3S. The number of nitrogens with zero attached hydrogens (tertiary/aromatic N) is 1. The summed E-state index contributed by atoms with van der Waals surface area (Å²) in [6.45, 7) is 0.246. The van der Waals surface area contributed by atoms with Gasteiger partial charge in [-0.05, 0) is 29.1 Å². The van der Waals surface area contributed by atoms with Gasteiger partial charge in [-0.1, -0.05) is 17.3 Å². The standard InChI is InChI=1S/C14H10N2O3S/c15-14-12(13(16-19-14)11-2-1-5-20-11)8-3-4-9-10(6-8)18-7-17-9/h1-6H,7,15H2. The minimum absolute atomic E-state index is 0.246. The molecule has 0 aliphatic carbocycles. The number of ether oxygens (including phenoxy) is 2. The minimum atomic E-state index is 0.246. The zero-order valence-corrected chi connectivity index (χ0v) is 11.1. The quantitative estimate of drug-likeness (QED) is 0.782. The van der Waals surface area contributed by atoms with Crippen LogP contribution in [0.25, 0.3) is 21.7 Å². The maximum atomic E-state index is 5.93. The third-order valence-electron chi connectivity index (χ3n) is 3.13. The van der Waals surface area contributed by atoms with E-state index in [-0.39, 0.29) is 6.79 Å². The van der Waals surface area contributed by atoms with Crippen LogP contribution in [0.4, 0.5) is 5.88 Å². The number of rotatable bonds is 2. The Morgan fingerprint density at radius 2 is 2.05 bits per heavy atom. The van der Waals surface area contributed by atoms with Gasteiger partial charge < -0.3 is 19.7 Å². The molecule has 0 saturated heterocycles. The van der Waals surface area contributed by atoms with E-state index in [1.54, 1.807) is 11.3 Å². The zero-order valence-electron chi connectivity index (χ0n) is 10.3. The van der Waals surface area contributed by atoms with E-state index < -0.39 is 0 Å². The van der Waals surface area contributed by atoms with Crippen LogP contribution in [0.3, 0.4) is 0 Å². The van der Waals surface area contributed by atoms with Crippen LogP contribution in [-0.2, 0) is 0 Å². The molecule has 0 fully saturated rings. The number of hydrogen-bond acceptors (Lipinski definition) is 6. The number of anilines is 1. The molecule has 4 rings (SSSR count). The van der Waals surface area contributed by atoms with E-state index >= 15 is 0 Å². The summed E-state index contributed by atoms with van der Waals surface area (Å²) >= 11 is 1.59. The molecule has 0 spiro atoms. The van der Waals surface area contributed by atoms with Gasteiger partial charge in [0.05, 0.1) is 10.4 Å². The van der Waals surface area contributed by atoms with E-state index in [1.165, 1.54) is 0 Å². The Morgan fingerprint density at radius 1 is 1.15 bits per heavy atom. The molecule has 0 atom stereocenters. The fourth-order valence-corrected chi connectivity index (χ4v) is 2.93. The van der Waals surface area contributed by atoms with Crippen LogP contribution in [-0.4, -0.2) is 11.9 Å². The lowest BCUT2D eigenvalue weighted by atomic mass is 10.0. The van der Waals surface area contributed by atoms with E-state index in [1.807, 2.05) is 35.7 Å². The Morgan fingerprint density at radius 3 is 2.90 bits per heavy atom. The molecule has 3 aromatic rings. The van der Waals surface area contributed by atoms with Gasteiger partial charge in [-0.25, -0.2) is 0 Å². The molecule has 6 heteroatoms. The lowest BCUT2D eigenvalue weighted by Gasteiger charge is -2.03. The highest BCUT2D eigenvalue weighted by atomic mass is 32.1. The Bertz CT molecular complexity index is 765. The van der Waals surface area contributed by atoms with Crippen LogP contribution >= 0.6 is 11.3 Å². The average molecular weight is 286 g/mol. The van der Waals surface area contributed by atoms with E-state index in [2.05, 4.69) is 5.16 Å². The molecular weight excluding hydrogens is 276 g/mol. The van der Waals surface area contributed by atoms with Gasteiger partial charge in [-0.3, -0.25) is 0 Å². The van der Waals surface area contributed by atoms with Crippen molar-refractivity contribution in [2.45, 2.75) is 0 Å². The number of nitrogens with two attached hydrogens (primary N) is 1. The predicted octanol–water partition coefficient (Wildman–Crippen LogP) is 3.38. The number of aromatic nitrogens is 1. The van der Waals surface area contributed by atoms with Gasteiger partial charge in [0.1, 0.15) is 5.69 Å². The van der Waals surface area contributed by atoms with Gasteiger partial charge >= 0.3 is 0 Å². The third kappa shape index (κ3) is 1.65. The Labute approximate surface area is 118 Å². The van der Waals surface area contributed by atoms with Crippen molar-refractivity contribution >= 4 is 17.2 Å². The predicted molar refractivity (Wildman–Crippen MR) is 75.8 cm³/mol. The summed E-state index contributed by atoms with van der Waals surface area (Å²) in [5.74, 6) is 1.74. The first-order chi connectivity index (χ1) is 9.83. The molecule has 0 amide bonds. The molecule has 3 heterocycles. The highest BCUT2D eigenvalue weighted by molar-refractivity contribution is 7.13. The normalized spacial score (nSPS) is 12.8. The molecule has 1 aromatic carbocycles.